The number of benzene rings is 1. The predicted molar refractivity (Wildman–Crippen MR) is 75.3 cm³/mol. The molecule has 4 heteroatoms. The fraction of sp³-hybridized carbons (Fsp3) is 0.467. The van der Waals surface area contributed by atoms with Crippen LogP contribution in [0.4, 0.5) is 0 Å². The monoisotopic (exact) mass is 263 g/mol. The summed E-state index contributed by atoms with van der Waals surface area (Å²) in [6.45, 7) is 4.88. The fourth-order valence-corrected chi connectivity index (χ4v) is 2.08. The molecule has 0 fully saturated rings. The van der Waals surface area contributed by atoms with E-state index >= 15 is 0 Å². The zero-order chi connectivity index (χ0) is 13.8. The van der Waals surface area contributed by atoms with Gasteiger partial charge in [-0.1, -0.05) is 26.0 Å². The maximum atomic E-state index is 9.28. The Bertz CT molecular complexity index is 533. The van der Waals surface area contributed by atoms with Crippen LogP contribution >= 0.6 is 0 Å². The average Bonchev–Trinajstić information content (AvgIpc) is 2.81. The first-order valence-electron chi connectivity index (χ1n) is 6.55. The van der Waals surface area contributed by atoms with Crippen molar-refractivity contribution in [3.63, 3.8) is 0 Å². The van der Waals surface area contributed by atoms with Crippen LogP contribution in [0.3, 0.4) is 0 Å². The Morgan fingerprint density at radius 3 is 2.79 bits per heavy atom. The molecule has 2 rings (SSSR count). The van der Waals surface area contributed by atoms with Crippen LogP contribution in [0.1, 0.15) is 19.6 Å². The second kappa shape index (κ2) is 6.08. The third kappa shape index (κ3) is 3.08. The summed E-state index contributed by atoms with van der Waals surface area (Å²) < 4.78 is 11.1. The summed E-state index contributed by atoms with van der Waals surface area (Å²) in [5.74, 6) is 1.97. The number of aliphatic hydroxyl groups excluding tert-OH is 1. The lowest BCUT2D eigenvalue weighted by Crippen LogP contribution is -2.36. The number of hydrogen-bond acceptors (Lipinski definition) is 4. The Morgan fingerprint density at radius 1 is 1.37 bits per heavy atom. The third-order valence-electron chi connectivity index (χ3n) is 3.32. The van der Waals surface area contributed by atoms with Crippen molar-refractivity contribution in [1.82, 2.24) is 5.32 Å². The van der Waals surface area contributed by atoms with E-state index in [4.69, 9.17) is 9.15 Å². The second-order valence-electron chi connectivity index (χ2n) is 5.01. The van der Waals surface area contributed by atoms with Crippen LogP contribution in [0.2, 0.25) is 0 Å². The average molecular weight is 263 g/mol. The van der Waals surface area contributed by atoms with Crippen molar-refractivity contribution >= 4 is 11.0 Å². The van der Waals surface area contributed by atoms with E-state index in [-0.39, 0.29) is 12.6 Å². The Morgan fingerprint density at radius 2 is 2.16 bits per heavy atom. The first-order valence-corrected chi connectivity index (χ1v) is 6.55. The van der Waals surface area contributed by atoms with Gasteiger partial charge in [-0.15, -0.1) is 0 Å². The number of ether oxygens (including phenoxy) is 1. The minimum Gasteiger partial charge on any atom is -0.493 e. The smallest absolute Gasteiger partial charge is 0.176 e. The third-order valence-corrected chi connectivity index (χ3v) is 3.32. The van der Waals surface area contributed by atoms with Crippen LogP contribution in [-0.2, 0) is 6.54 Å². The first-order chi connectivity index (χ1) is 9.15. The molecule has 1 heterocycles. The molecule has 1 aromatic carbocycles. The molecule has 0 aliphatic carbocycles. The highest BCUT2D eigenvalue weighted by Gasteiger charge is 2.13. The number of rotatable bonds is 6. The maximum absolute atomic E-state index is 9.28. The summed E-state index contributed by atoms with van der Waals surface area (Å²) in [7, 11) is 1.63. The van der Waals surface area contributed by atoms with Gasteiger partial charge in [-0.3, -0.25) is 0 Å². The van der Waals surface area contributed by atoms with Gasteiger partial charge in [0.2, 0.25) is 0 Å². The topological polar surface area (TPSA) is 54.6 Å². The highest BCUT2D eigenvalue weighted by Crippen LogP contribution is 2.28. The van der Waals surface area contributed by atoms with Crippen molar-refractivity contribution in [2.24, 2.45) is 5.92 Å². The van der Waals surface area contributed by atoms with E-state index in [0.717, 1.165) is 22.5 Å². The van der Waals surface area contributed by atoms with E-state index in [0.29, 0.717) is 12.5 Å². The van der Waals surface area contributed by atoms with Crippen LogP contribution < -0.4 is 10.1 Å². The van der Waals surface area contributed by atoms with Gasteiger partial charge in [0.05, 0.1) is 20.3 Å². The van der Waals surface area contributed by atoms with Crippen molar-refractivity contribution in [1.29, 1.82) is 0 Å². The molecule has 0 spiro atoms. The molecular weight excluding hydrogens is 242 g/mol. The minimum atomic E-state index is 0.0788. The van der Waals surface area contributed by atoms with Crippen molar-refractivity contribution in [2.45, 2.75) is 26.4 Å². The second-order valence-corrected chi connectivity index (χ2v) is 5.01. The molecule has 0 saturated carbocycles. The molecule has 0 amide bonds. The number of furan rings is 1. The van der Waals surface area contributed by atoms with Gasteiger partial charge in [0, 0.05) is 11.4 Å². The van der Waals surface area contributed by atoms with E-state index in [1.54, 1.807) is 7.11 Å². The summed E-state index contributed by atoms with van der Waals surface area (Å²) in [5, 5.41) is 13.6. The fourth-order valence-electron chi connectivity index (χ4n) is 2.08. The summed E-state index contributed by atoms with van der Waals surface area (Å²) in [4.78, 5) is 0. The number of hydrogen-bond donors (Lipinski definition) is 2. The number of methoxy groups -OCH3 is 1. The van der Waals surface area contributed by atoms with Crippen LogP contribution in [0.15, 0.2) is 28.7 Å². The molecule has 0 aliphatic rings. The van der Waals surface area contributed by atoms with Gasteiger partial charge in [-0.2, -0.15) is 0 Å². The summed E-state index contributed by atoms with van der Waals surface area (Å²) in [6, 6.07) is 7.90. The zero-order valence-electron chi connectivity index (χ0n) is 11.6. The molecule has 0 radical (unpaired) electrons. The molecule has 104 valence electrons. The Balaban J connectivity index is 2.13. The van der Waals surface area contributed by atoms with Gasteiger partial charge < -0.3 is 19.6 Å². The number of para-hydroxylation sites is 1. The lowest BCUT2D eigenvalue weighted by Gasteiger charge is -2.18. The molecule has 2 aromatic rings. The van der Waals surface area contributed by atoms with Gasteiger partial charge in [0.15, 0.2) is 11.3 Å². The predicted octanol–water partition coefficient (Wildman–Crippen LogP) is 2.55. The van der Waals surface area contributed by atoms with Crippen LogP contribution in [-0.4, -0.2) is 24.9 Å². The van der Waals surface area contributed by atoms with Crippen LogP contribution in [0.25, 0.3) is 11.0 Å². The lowest BCUT2D eigenvalue weighted by molar-refractivity contribution is 0.207. The van der Waals surface area contributed by atoms with Crippen molar-refractivity contribution in [2.75, 3.05) is 13.7 Å². The Labute approximate surface area is 113 Å². The number of nitrogens with one attached hydrogen (secondary N) is 1. The first kappa shape index (κ1) is 13.9. The Hall–Kier alpha value is -1.52. The molecule has 0 aliphatic heterocycles. The highest BCUT2D eigenvalue weighted by molar-refractivity contribution is 5.83. The van der Waals surface area contributed by atoms with E-state index in [1.165, 1.54) is 0 Å². The normalized spacial score (nSPS) is 13.1. The van der Waals surface area contributed by atoms with Crippen molar-refractivity contribution in [3.05, 3.63) is 30.0 Å². The lowest BCUT2D eigenvalue weighted by atomic mass is 10.1. The molecule has 2 N–H and O–H groups in total. The zero-order valence-corrected chi connectivity index (χ0v) is 11.6. The van der Waals surface area contributed by atoms with Gasteiger partial charge >= 0.3 is 0 Å². The van der Waals surface area contributed by atoms with Crippen molar-refractivity contribution in [3.8, 4) is 5.75 Å². The minimum absolute atomic E-state index is 0.0788. The molecule has 0 bridgehead atoms. The molecule has 4 nitrogen and oxygen atoms in total. The standard InChI is InChI=1S/C15H21NO3/c1-10(2)13(9-17)16-8-12-7-11-5-4-6-14(18-3)15(11)19-12/h4-7,10,13,16-17H,8-9H2,1-3H3. The molecule has 19 heavy (non-hydrogen) atoms. The van der Waals surface area contributed by atoms with Crippen molar-refractivity contribution < 1.29 is 14.3 Å². The Kier molecular flexibility index (Phi) is 4.45. The summed E-state index contributed by atoms with van der Waals surface area (Å²) in [6.07, 6.45) is 0. The van der Waals surface area contributed by atoms with Crippen LogP contribution in [0, 0.1) is 5.92 Å². The maximum Gasteiger partial charge on any atom is 0.176 e. The largest absolute Gasteiger partial charge is 0.493 e. The molecule has 1 aromatic heterocycles. The van der Waals surface area contributed by atoms with Gasteiger partial charge in [-0.25, -0.2) is 0 Å². The molecule has 1 unspecified atom stereocenters. The quantitative estimate of drug-likeness (QED) is 0.841. The van der Waals surface area contributed by atoms with Gasteiger partial charge in [0.25, 0.3) is 0 Å². The molecular formula is C15H21NO3. The van der Waals surface area contributed by atoms with Gasteiger partial charge in [-0.05, 0) is 18.1 Å². The van der Waals surface area contributed by atoms with E-state index < -0.39 is 0 Å². The van der Waals surface area contributed by atoms with Crippen LogP contribution in [0.5, 0.6) is 5.75 Å². The van der Waals surface area contributed by atoms with E-state index in [2.05, 4.69) is 19.2 Å². The molecule has 1 atom stereocenters. The SMILES string of the molecule is COc1cccc2cc(CNC(CO)C(C)C)oc12. The van der Waals surface area contributed by atoms with E-state index in [9.17, 15) is 5.11 Å². The summed E-state index contributed by atoms with van der Waals surface area (Å²) >= 11 is 0. The number of aliphatic hydroxyl groups is 1. The van der Waals surface area contributed by atoms with Gasteiger partial charge in [0.1, 0.15) is 5.76 Å². The highest BCUT2D eigenvalue weighted by atomic mass is 16.5. The number of fused-ring (bicyclic) bond motifs is 1. The summed E-state index contributed by atoms with van der Waals surface area (Å²) in [5.41, 5.74) is 0.770. The molecule has 0 saturated heterocycles. The van der Waals surface area contributed by atoms with E-state index in [1.807, 2.05) is 24.3 Å².